The first-order valence-corrected chi connectivity index (χ1v) is 7.04. The minimum atomic E-state index is 0.0231. The molecule has 0 saturated heterocycles. The Morgan fingerprint density at radius 3 is 2.94 bits per heavy atom. The molecule has 2 rings (SSSR count). The normalized spacial score (nSPS) is 15.8. The summed E-state index contributed by atoms with van der Waals surface area (Å²) in [5.74, 6) is 0.898. The summed E-state index contributed by atoms with van der Waals surface area (Å²) in [5.41, 5.74) is 1.99. The molecule has 1 amide bonds. The van der Waals surface area contributed by atoms with E-state index in [1.165, 1.54) is 0 Å². The molecule has 0 bridgehead atoms. The monoisotopic (exact) mass is 260 g/mol. The molecule has 0 radical (unpaired) electrons. The van der Waals surface area contributed by atoms with Gasteiger partial charge in [-0.15, -0.1) is 11.8 Å². The van der Waals surface area contributed by atoms with Crippen molar-refractivity contribution in [1.82, 2.24) is 0 Å². The number of thioether (sulfide) groups is 1. The molecule has 18 heavy (non-hydrogen) atoms. The summed E-state index contributed by atoms with van der Waals surface area (Å²) < 4.78 is 0. The van der Waals surface area contributed by atoms with Gasteiger partial charge in [-0.05, 0) is 30.0 Å². The molecule has 94 valence electrons. The summed E-state index contributed by atoms with van der Waals surface area (Å²) in [6.07, 6.45) is 0.738. The number of nitriles is 1. The maximum Gasteiger partial charge on any atom is 0.234 e. The van der Waals surface area contributed by atoms with Crippen LogP contribution in [0.25, 0.3) is 0 Å². The van der Waals surface area contributed by atoms with Crippen LogP contribution in [0, 0.1) is 23.2 Å². The minimum absolute atomic E-state index is 0.0231. The maximum absolute atomic E-state index is 11.3. The fourth-order valence-electron chi connectivity index (χ4n) is 1.94. The quantitative estimate of drug-likeness (QED) is 0.908. The van der Waals surface area contributed by atoms with Crippen molar-refractivity contribution in [1.29, 1.82) is 5.26 Å². The Bertz CT molecular complexity index is 505. The minimum Gasteiger partial charge on any atom is -0.324 e. The van der Waals surface area contributed by atoms with Crippen LogP contribution < -0.4 is 5.32 Å². The second-order valence-electron chi connectivity index (χ2n) is 4.85. The van der Waals surface area contributed by atoms with E-state index in [9.17, 15) is 4.79 Å². The Morgan fingerprint density at radius 2 is 2.28 bits per heavy atom. The molecule has 3 nitrogen and oxygen atoms in total. The van der Waals surface area contributed by atoms with Crippen LogP contribution in [0.5, 0.6) is 0 Å². The number of nitrogens with one attached hydrogen (secondary N) is 1. The Hall–Kier alpha value is -1.47. The number of nitrogens with zero attached hydrogens (tertiary/aromatic N) is 1. The molecule has 0 spiro atoms. The van der Waals surface area contributed by atoms with E-state index in [1.807, 2.05) is 12.1 Å². The summed E-state index contributed by atoms with van der Waals surface area (Å²) in [6, 6.07) is 8.42. The van der Waals surface area contributed by atoms with Crippen LogP contribution in [0.3, 0.4) is 0 Å². The third kappa shape index (κ3) is 2.85. The van der Waals surface area contributed by atoms with Crippen LogP contribution in [0.15, 0.2) is 23.1 Å². The van der Waals surface area contributed by atoms with Crippen molar-refractivity contribution in [3.05, 3.63) is 23.8 Å². The highest BCUT2D eigenvalue weighted by Gasteiger charge is 2.17. The highest BCUT2D eigenvalue weighted by atomic mass is 32.2. The van der Waals surface area contributed by atoms with Crippen LogP contribution in [-0.2, 0) is 11.2 Å². The zero-order valence-electron chi connectivity index (χ0n) is 10.6. The fourth-order valence-corrected chi connectivity index (χ4v) is 2.73. The zero-order chi connectivity index (χ0) is 13.1. The first kappa shape index (κ1) is 13.0. The van der Waals surface area contributed by atoms with Gasteiger partial charge in [0.05, 0.1) is 23.4 Å². The van der Waals surface area contributed by atoms with Gasteiger partial charge in [-0.25, -0.2) is 0 Å². The van der Waals surface area contributed by atoms with E-state index in [2.05, 4.69) is 31.3 Å². The third-order valence-corrected chi connectivity index (χ3v) is 4.18. The van der Waals surface area contributed by atoms with Crippen molar-refractivity contribution >= 4 is 23.4 Å². The highest BCUT2D eigenvalue weighted by Crippen LogP contribution is 2.32. The van der Waals surface area contributed by atoms with Gasteiger partial charge in [-0.2, -0.15) is 5.26 Å². The Morgan fingerprint density at radius 1 is 1.50 bits per heavy atom. The predicted molar refractivity (Wildman–Crippen MR) is 73.4 cm³/mol. The van der Waals surface area contributed by atoms with E-state index >= 15 is 0 Å². The molecule has 1 aliphatic heterocycles. The SMILES string of the molecule is CC(C)C(C#N)Cc1ccc2c(c1)NC(=O)CS2. The number of benzene rings is 1. The summed E-state index contributed by atoms with van der Waals surface area (Å²) in [6.45, 7) is 4.12. The van der Waals surface area contributed by atoms with E-state index in [4.69, 9.17) is 5.26 Å². The number of carbonyl (C=O) groups is 1. The molecular weight excluding hydrogens is 244 g/mol. The lowest BCUT2D eigenvalue weighted by Crippen LogP contribution is -2.19. The predicted octanol–water partition coefficient (Wildman–Crippen LogP) is 3.07. The van der Waals surface area contributed by atoms with Crippen molar-refractivity contribution in [3.8, 4) is 6.07 Å². The van der Waals surface area contributed by atoms with Crippen LogP contribution in [0.4, 0.5) is 5.69 Å². The number of rotatable bonds is 3. The summed E-state index contributed by atoms with van der Waals surface area (Å²) in [4.78, 5) is 12.4. The van der Waals surface area contributed by atoms with E-state index < -0.39 is 0 Å². The molecule has 1 unspecified atom stereocenters. The molecule has 4 heteroatoms. The largest absolute Gasteiger partial charge is 0.324 e. The number of amides is 1. The highest BCUT2D eigenvalue weighted by molar-refractivity contribution is 8.00. The van der Waals surface area contributed by atoms with Crippen LogP contribution in [0.1, 0.15) is 19.4 Å². The molecule has 0 saturated carbocycles. The number of fused-ring (bicyclic) bond motifs is 1. The molecular formula is C14H16N2OS. The lowest BCUT2D eigenvalue weighted by atomic mass is 9.90. The van der Waals surface area contributed by atoms with E-state index in [1.54, 1.807) is 11.8 Å². The summed E-state index contributed by atoms with van der Waals surface area (Å²) >= 11 is 1.56. The molecule has 1 aromatic rings. The van der Waals surface area contributed by atoms with Crippen molar-refractivity contribution in [2.45, 2.75) is 25.2 Å². The van der Waals surface area contributed by atoms with Crippen LogP contribution in [-0.4, -0.2) is 11.7 Å². The molecule has 1 aliphatic rings. The van der Waals surface area contributed by atoms with Gasteiger partial charge in [0, 0.05) is 4.90 Å². The van der Waals surface area contributed by atoms with E-state index in [-0.39, 0.29) is 11.8 Å². The van der Waals surface area contributed by atoms with Gasteiger partial charge in [0.2, 0.25) is 5.91 Å². The van der Waals surface area contributed by atoms with E-state index in [0.717, 1.165) is 22.6 Å². The first-order valence-electron chi connectivity index (χ1n) is 6.05. The van der Waals surface area contributed by atoms with Gasteiger partial charge in [-0.1, -0.05) is 19.9 Å². The van der Waals surface area contributed by atoms with Crippen molar-refractivity contribution in [2.75, 3.05) is 11.1 Å². The fraction of sp³-hybridized carbons (Fsp3) is 0.429. The topological polar surface area (TPSA) is 52.9 Å². The molecule has 0 fully saturated rings. The maximum atomic E-state index is 11.3. The molecule has 1 atom stereocenters. The number of hydrogen-bond acceptors (Lipinski definition) is 3. The summed E-state index contributed by atoms with van der Waals surface area (Å²) in [7, 11) is 0. The van der Waals surface area contributed by atoms with Crippen molar-refractivity contribution in [3.63, 3.8) is 0 Å². The summed E-state index contributed by atoms with van der Waals surface area (Å²) in [5, 5.41) is 12.0. The van der Waals surface area contributed by atoms with Gasteiger partial charge in [-0.3, -0.25) is 4.79 Å². The van der Waals surface area contributed by atoms with Gasteiger partial charge in [0.25, 0.3) is 0 Å². The lowest BCUT2D eigenvalue weighted by molar-refractivity contribution is -0.113. The van der Waals surface area contributed by atoms with E-state index in [0.29, 0.717) is 11.7 Å². The zero-order valence-corrected chi connectivity index (χ0v) is 11.4. The number of anilines is 1. The Kier molecular flexibility index (Phi) is 3.93. The van der Waals surface area contributed by atoms with Crippen LogP contribution in [0.2, 0.25) is 0 Å². The van der Waals surface area contributed by atoms with Gasteiger partial charge >= 0.3 is 0 Å². The number of carbonyl (C=O) groups excluding carboxylic acids is 1. The molecule has 1 N–H and O–H groups in total. The van der Waals surface area contributed by atoms with Gasteiger partial charge < -0.3 is 5.32 Å². The van der Waals surface area contributed by atoms with Gasteiger partial charge in [0.1, 0.15) is 0 Å². The second-order valence-corrected chi connectivity index (χ2v) is 5.87. The Labute approximate surface area is 112 Å². The smallest absolute Gasteiger partial charge is 0.234 e. The standard InChI is InChI=1S/C14H16N2OS/c1-9(2)11(7-15)5-10-3-4-13-12(6-10)16-14(17)8-18-13/h3-4,6,9,11H,5,8H2,1-2H3,(H,16,17). The van der Waals surface area contributed by atoms with Crippen molar-refractivity contribution < 1.29 is 4.79 Å². The average Bonchev–Trinajstić information content (AvgIpc) is 2.35. The molecule has 1 aromatic carbocycles. The molecule has 0 aromatic heterocycles. The Balaban J connectivity index is 2.18. The van der Waals surface area contributed by atoms with Crippen LogP contribution >= 0.6 is 11.8 Å². The van der Waals surface area contributed by atoms with Gasteiger partial charge in [0.15, 0.2) is 0 Å². The van der Waals surface area contributed by atoms with Crippen molar-refractivity contribution in [2.24, 2.45) is 11.8 Å². The third-order valence-electron chi connectivity index (χ3n) is 3.10. The average molecular weight is 260 g/mol. The second kappa shape index (κ2) is 5.45. The number of hydrogen-bond donors (Lipinski definition) is 1. The molecule has 0 aliphatic carbocycles. The lowest BCUT2D eigenvalue weighted by Gasteiger charge is -2.18. The molecule has 1 heterocycles. The first-order chi connectivity index (χ1) is 8.60.